The van der Waals surface area contributed by atoms with E-state index in [0.29, 0.717) is 12.8 Å². The van der Waals surface area contributed by atoms with Gasteiger partial charge < -0.3 is 4.52 Å². The van der Waals surface area contributed by atoms with Crippen LogP contribution in [0.25, 0.3) is 0 Å². The quantitative estimate of drug-likeness (QED) is 0.728. The summed E-state index contributed by atoms with van der Waals surface area (Å²) in [7, 11) is -3.17. The van der Waals surface area contributed by atoms with Gasteiger partial charge in [0.25, 0.3) is 0 Å². The van der Waals surface area contributed by atoms with E-state index in [2.05, 4.69) is 10.1 Å². The third-order valence-corrected chi connectivity index (χ3v) is 4.64. The van der Waals surface area contributed by atoms with Crippen LogP contribution < -0.4 is 0 Å². The molecule has 0 saturated heterocycles. The molecule has 0 bridgehead atoms. The minimum absolute atomic E-state index is 0.104. The van der Waals surface area contributed by atoms with Gasteiger partial charge in [0.2, 0.25) is 5.89 Å². The zero-order valence-electron chi connectivity index (χ0n) is 7.53. The zero-order chi connectivity index (χ0) is 10.4. The molecule has 1 aromatic rings. The van der Waals surface area contributed by atoms with Gasteiger partial charge in [0.15, 0.2) is 15.7 Å². The SMILES string of the molecule is CS(=O)(=O)C1(c2noc(CCl)n2)CC1. The lowest BCUT2D eigenvalue weighted by Gasteiger charge is -2.05. The molecule has 78 valence electrons. The highest BCUT2D eigenvalue weighted by Gasteiger charge is 2.57. The molecule has 1 aliphatic rings. The zero-order valence-corrected chi connectivity index (χ0v) is 9.10. The topological polar surface area (TPSA) is 73.1 Å². The summed E-state index contributed by atoms with van der Waals surface area (Å²) >= 11 is 5.48. The fourth-order valence-corrected chi connectivity index (χ4v) is 2.73. The van der Waals surface area contributed by atoms with Crippen LogP contribution in [-0.2, 0) is 20.5 Å². The van der Waals surface area contributed by atoms with Gasteiger partial charge in [-0.2, -0.15) is 4.98 Å². The Morgan fingerprint density at radius 3 is 2.57 bits per heavy atom. The molecule has 2 rings (SSSR count). The third kappa shape index (κ3) is 1.33. The molecule has 0 radical (unpaired) electrons. The standard InChI is InChI=1S/C7H9ClN2O3S/c1-14(11,12)7(2-3-7)6-9-5(4-8)13-10-6/h2-4H2,1H3. The first-order chi connectivity index (χ1) is 6.49. The van der Waals surface area contributed by atoms with E-state index < -0.39 is 14.6 Å². The lowest BCUT2D eigenvalue weighted by Crippen LogP contribution is -2.20. The average molecular weight is 237 g/mol. The molecule has 14 heavy (non-hydrogen) atoms. The fraction of sp³-hybridized carbons (Fsp3) is 0.714. The van der Waals surface area contributed by atoms with Crippen LogP contribution >= 0.6 is 11.6 Å². The number of sulfone groups is 1. The Morgan fingerprint density at radius 1 is 1.57 bits per heavy atom. The summed E-state index contributed by atoms with van der Waals surface area (Å²) in [6.07, 6.45) is 2.32. The molecule has 1 fully saturated rings. The van der Waals surface area contributed by atoms with Gasteiger partial charge in [0.05, 0.1) is 0 Å². The van der Waals surface area contributed by atoms with Crippen molar-refractivity contribution >= 4 is 21.4 Å². The summed E-state index contributed by atoms with van der Waals surface area (Å²) < 4.78 is 26.8. The van der Waals surface area contributed by atoms with Gasteiger partial charge in [0, 0.05) is 6.26 Å². The molecular formula is C7H9ClN2O3S. The number of alkyl halides is 1. The molecule has 0 unspecified atom stereocenters. The van der Waals surface area contributed by atoms with E-state index in [9.17, 15) is 8.42 Å². The summed E-state index contributed by atoms with van der Waals surface area (Å²) in [5, 5.41) is 3.64. The Hall–Kier alpha value is -0.620. The van der Waals surface area contributed by atoms with Crippen LogP contribution in [0.5, 0.6) is 0 Å². The van der Waals surface area contributed by atoms with E-state index in [4.69, 9.17) is 16.1 Å². The van der Waals surface area contributed by atoms with Crippen LogP contribution in [0, 0.1) is 0 Å². The summed E-state index contributed by atoms with van der Waals surface area (Å²) in [5.74, 6) is 0.611. The van der Waals surface area contributed by atoms with Crippen LogP contribution in [0.3, 0.4) is 0 Å². The van der Waals surface area contributed by atoms with Gasteiger partial charge >= 0.3 is 0 Å². The molecule has 1 saturated carbocycles. The number of hydrogen-bond donors (Lipinski definition) is 0. The maximum atomic E-state index is 11.5. The summed E-state index contributed by atoms with van der Waals surface area (Å²) in [5.41, 5.74) is 0. The number of hydrogen-bond acceptors (Lipinski definition) is 5. The summed E-state index contributed by atoms with van der Waals surface area (Å²) in [6.45, 7) is 0. The highest BCUT2D eigenvalue weighted by molar-refractivity contribution is 7.91. The highest BCUT2D eigenvalue weighted by Crippen LogP contribution is 2.50. The molecule has 7 heteroatoms. The Kier molecular flexibility index (Phi) is 2.08. The van der Waals surface area contributed by atoms with E-state index in [1.807, 2.05) is 0 Å². The van der Waals surface area contributed by atoms with E-state index >= 15 is 0 Å². The second kappa shape index (κ2) is 2.93. The predicted octanol–water partition coefficient (Wildman–Crippen LogP) is 0.842. The molecule has 1 aromatic heterocycles. The molecule has 0 amide bonds. The summed E-state index contributed by atoms with van der Waals surface area (Å²) in [6, 6.07) is 0. The van der Waals surface area contributed by atoms with Crippen molar-refractivity contribution < 1.29 is 12.9 Å². The molecule has 1 heterocycles. The van der Waals surface area contributed by atoms with Gasteiger partial charge in [-0.3, -0.25) is 0 Å². The average Bonchev–Trinajstić information content (AvgIpc) is 2.79. The minimum atomic E-state index is -3.17. The molecule has 5 nitrogen and oxygen atoms in total. The maximum absolute atomic E-state index is 11.5. The molecule has 0 aromatic carbocycles. The van der Waals surface area contributed by atoms with Gasteiger partial charge in [-0.25, -0.2) is 8.42 Å². The van der Waals surface area contributed by atoms with Crippen molar-refractivity contribution in [3.8, 4) is 0 Å². The van der Waals surface area contributed by atoms with E-state index in [0.717, 1.165) is 0 Å². The number of halogens is 1. The Labute approximate surface area is 86.4 Å². The van der Waals surface area contributed by atoms with Gasteiger partial charge in [-0.05, 0) is 12.8 Å². The molecule has 0 spiro atoms. The second-order valence-corrected chi connectivity index (χ2v) is 6.00. The van der Waals surface area contributed by atoms with E-state index in [1.54, 1.807) is 0 Å². The third-order valence-electron chi connectivity index (χ3n) is 2.40. The van der Waals surface area contributed by atoms with Crippen LogP contribution in [-0.4, -0.2) is 24.8 Å². The van der Waals surface area contributed by atoms with Crippen molar-refractivity contribution in [3.63, 3.8) is 0 Å². The largest absolute Gasteiger partial charge is 0.338 e. The molecule has 0 atom stereocenters. The van der Waals surface area contributed by atoms with Crippen molar-refractivity contribution in [2.75, 3.05) is 6.26 Å². The molecule has 1 aliphatic carbocycles. The lowest BCUT2D eigenvalue weighted by atomic mass is 10.4. The monoisotopic (exact) mass is 236 g/mol. The Balaban J connectivity index is 2.41. The number of aromatic nitrogens is 2. The second-order valence-electron chi connectivity index (χ2n) is 3.41. The first-order valence-corrected chi connectivity index (χ1v) is 6.51. The first kappa shape index (κ1) is 9.92. The highest BCUT2D eigenvalue weighted by atomic mass is 35.5. The van der Waals surface area contributed by atoms with Crippen molar-refractivity contribution in [3.05, 3.63) is 11.7 Å². The van der Waals surface area contributed by atoms with Crippen molar-refractivity contribution in [1.82, 2.24) is 10.1 Å². The normalized spacial score (nSPS) is 19.6. The fourth-order valence-electron chi connectivity index (χ4n) is 1.37. The van der Waals surface area contributed by atoms with Crippen molar-refractivity contribution in [2.45, 2.75) is 23.5 Å². The van der Waals surface area contributed by atoms with Gasteiger partial charge in [-0.1, -0.05) is 5.16 Å². The molecule has 0 N–H and O–H groups in total. The van der Waals surface area contributed by atoms with Crippen LogP contribution in [0.15, 0.2) is 4.52 Å². The first-order valence-electron chi connectivity index (χ1n) is 4.08. The number of rotatable bonds is 3. The van der Waals surface area contributed by atoms with Crippen molar-refractivity contribution in [2.24, 2.45) is 0 Å². The molecule has 0 aliphatic heterocycles. The minimum Gasteiger partial charge on any atom is -0.338 e. The smallest absolute Gasteiger partial charge is 0.241 e. The van der Waals surface area contributed by atoms with Crippen LogP contribution in [0.2, 0.25) is 0 Å². The van der Waals surface area contributed by atoms with E-state index in [-0.39, 0.29) is 17.6 Å². The van der Waals surface area contributed by atoms with Crippen LogP contribution in [0.4, 0.5) is 0 Å². The van der Waals surface area contributed by atoms with Gasteiger partial charge in [-0.15, -0.1) is 11.6 Å². The van der Waals surface area contributed by atoms with Crippen LogP contribution in [0.1, 0.15) is 24.6 Å². The van der Waals surface area contributed by atoms with E-state index in [1.165, 1.54) is 6.26 Å². The predicted molar refractivity (Wildman–Crippen MR) is 49.6 cm³/mol. The Morgan fingerprint density at radius 2 is 2.21 bits per heavy atom. The summed E-state index contributed by atoms with van der Waals surface area (Å²) in [4.78, 5) is 3.94. The lowest BCUT2D eigenvalue weighted by molar-refractivity contribution is 0.382. The Bertz CT molecular complexity index is 449. The molecular weight excluding hydrogens is 228 g/mol. The maximum Gasteiger partial charge on any atom is 0.241 e. The number of nitrogens with zero attached hydrogens (tertiary/aromatic N) is 2. The van der Waals surface area contributed by atoms with Gasteiger partial charge in [0.1, 0.15) is 10.6 Å². The van der Waals surface area contributed by atoms with Crippen molar-refractivity contribution in [1.29, 1.82) is 0 Å².